The minimum absolute atomic E-state index is 0.0391. The Morgan fingerprint density at radius 1 is 1.56 bits per heavy atom. The minimum Gasteiger partial charge on any atom is -0.507 e. The van der Waals surface area contributed by atoms with Crippen LogP contribution in [0.3, 0.4) is 0 Å². The molecule has 0 aliphatic carbocycles. The molecule has 1 aromatic rings. The van der Waals surface area contributed by atoms with Crippen molar-refractivity contribution in [1.82, 2.24) is 0 Å². The summed E-state index contributed by atoms with van der Waals surface area (Å²) in [4.78, 5) is 11.2. The van der Waals surface area contributed by atoms with E-state index >= 15 is 0 Å². The first-order valence-corrected chi connectivity index (χ1v) is 5.19. The van der Waals surface area contributed by atoms with E-state index in [-0.39, 0.29) is 24.2 Å². The summed E-state index contributed by atoms with van der Waals surface area (Å²) < 4.78 is 29.9. The molecule has 0 aromatic heterocycles. The van der Waals surface area contributed by atoms with Crippen molar-refractivity contribution in [3.63, 3.8) is 0 Å². The number of alkyl halides is 2. The number of aromatic hydroxyl groups is 1. The molecule has 0 amide bonds. The minimum atomic E-state index is -2.92. The van der Waals surface area contributed by atoms with Crippen molar-refractivity contribution in [3.05, 3.63) is 28.8 Å². The van der Waals surface area contributed by atoms with Crippen LogP contribution in [0.1, 0.15) is 30.0 Å². The lowest BCUT2D eigenvalue weighted by Gasteiger charge is -2.09. The second-order valence-electron chi connectivity index (χ2n) is 3.47. The lowest BCUT2D eigenvalue weighted by Crippen LogP contribution is -2.08. The Balaban J connectivity index is 3.14. The number of esters is 1. The number of carbonyl (C=O) groups excluding carboxylic acids is 1. The number of nitrogens with zero attached hydrogens (tertiary/aromatic N) is 1. The molecular weight excluding hydrogens is 244 g/mol. The van der Waals surface area contributed by atoms with E-state index in [2.05, 4.69) is 4.74 Å². The van der Waals surface area contributed by atoms with Gasteiger partial charge in [-0.15, -0.1) is 0 Å². The third-order valence-electron chi connectivity index (χ3n) is 2.22. The fourth-order valence-electron chi connectivity index (χ4n) is 1.45. The Hall–Kier alpha value is -2.16. The first kappa shape index (κ1) is 13.9. The van der Waals surface area contributed by atoms with Crippen molar-refractivity contribution in [2.75, 3.05) is 6.61 Å². The number of nitriles is 1. The van der Waals surface area contributed by atoms with Gasteiger partial charge in [0.1, 0.15) is 5.75 Å². The van der Waals surface area contributed by atoms with Crippen molar-refractivity contribution < 1.29 is 23.4 Å². The quantitative estimate of drug-likeness (QED) is 0.838. The maximum absolute atomic E-state index is 12.6. The molecule has 0 spiro atoms. The van der Waals surface area contributed by atoms with Crippen LogP contribution in [0.5, 0.6) is 5.75 Å². The summed E-state index contributed by atoms with van der Waals surface area (Å²) in [6.45, 7) is 1.76. The summed E-state index contributed by atoms with van der Waals surface area (Å²) in [6.07, 6.45) is -3.27. The number of rotatable bonds is 4. The zero-order valence-corrected chi connectivity index (χ0v) is 9.61. The van der Waals surface area contributed by atoms with Crippen LogP contribution in [0, 0.1) is 11.3 Å². The van der Waals surface area contributed by atoms with Crippen molar-refractivity contribution in [1.29, 1.82) is 5.26 Å². The average molecular weight is 255 g/mol. The molecule has 0 fully saturated rings. The molecule has 0 saturated carbocycles. The molecule has 1 rings (SSSR count). The van der Waals surface area contributed by atoms with E-state index in [1.54, 1.807) is 13.0 Å². The molecule has 0 bridgehead atoms. The van der Waals surface area contributed by atoms with Gasteiger partial charge in [0.05, 0.1) is 30.2 Å². The van der Waals surface area contributed by atoms with Gasteiger partial charge in [0.25, 0.3) is 6.43 Å². The standard InChI is InChI=1S/C12H11F2NO3/c1-2-18-10(16)5-8-3-7(6-15)4-9(11(8)17)12(13)14/h3-4,12,17H,2,5H2,1H3. The second kappa shape index (κ2) is 5.96. The van der Waals surface area contributed by atoms with E-state index in [1.807, 2.05) is 0 Å². The van der Waals surface area contributed by atoms with Crippen molar-refractivity contribution >= 4 is 5.97 Å². The number of phenols is 1. The van der Waals surface area contributed by atoms with Crippen LogP contribution in [0.2, 0.25) is 0 Å². The molecule has 0 heterocycles. The van der Waals surface area contributed by atoms with Gasteiger partial charge >= 0.3 is 5.97 Å². The number of hydrogen-bond donors (Lipinski definition) is 1. The molecule has 0 radical (unpaired) electrons. The summed E-state index contributed by atoms with van der Waals surface area (Å²) in [5, 5.41) is 18.3. The van der Waals surface area contributed by atoms with Gasteiger partial charge < -0.3 is 9.84 Å². The molecule has 4 nitrogen and oxygen atoms in total. The van der Waals surface area contributed by atoms with Gasteiger partial charge in [-0.25, -0.2) is 8.78 Å². The fourth-order valence-corrected chi connectivity index (χ4v) is 1.45. The highest BCUT2D eigenvalue weighted by molar-refractivity contribution is 5.74. The number of phenolic OH excluding ortho intramolecular Hbond substituents is 1. The van der Waals surface area contributed by atoms with Gasteiger partial charge in [0.2, 0.25) is 0 Å². The van der Waals surface area contributed by atoms with E-state index in [0.717, 1.165) is 6.07 Å². The average Bonchev–Trinajstić information content (AvgIpc) is 2.31. The number of benzene rings is 1. The SMILES string of the molecule is CCOC(=O)Cc1cc(C#N)cc(C(F)F)c1O. The van der Waals surface area contributed by atoms with Crippen LogP contribution >= 0.6 is 0 Å². The molecule has 0 atom stereocenters. The Kier molecular flexibility index (Phi) is 4.60. The van der Waals surface area contributed by atoms with Crippen LogP contribution in [0.4, 0.5) is 8.78 Å². The van der Waals surface area contributed by atoms with E-state index in [4.69, 9.17) is 5.26 Å². The van der Waals surface area contributed by atoms with Gasteiger partial charge in [-0.3, -0.25) is 4.79 Å². The summed E-state index contributed by atoms with van der Waals surface area (Å²) in [7, 11) is 0. The molecule has 6 heteroatoms. The topological polar surface area (TPSA) is 70.3 Å². The highest BCUT2D eigenvalue weighted by atomic mass is 19.3. The van der Waals surface area contributed by atoms with E-state index in [9.17, 15) is 18.7 Å². The molecule has 0 unspecified atom stereocenters. The monoisotopic (exact) mass is 255 g/mol. The van der Waals surface area contributed by atoms with Gasteiger partial charge in [0, 0.05) is 5.56 Å². The first-order valence-electron chi connectivity index (χ1n) is 5.19. The highest BCUT2D eigenvalue weighted by Gasteiger charge is 2.19. The van der Waals surface area contributed by atoms with Crippen molar-refractivity contribution in [2.45, 2.75) is 19.8 Å². The van der Waals surface area contributed by atoms with Crippen molar-refractivity contribution in [2.24, 2.45) is 0 Å². The Morgan fingerprint density at radius 2 is 2.22 bits per heavy atom. The summed E-state index contributed by atoms with van der Waals surface area (Å²) in [5.41, 5.74) is -0.737. The van der Waals surface area contributed by atoms with Gasteiger partial charge in [0.15, 0.2) is 0 Å². The maximum Gasteiger partial charge on any atom is 0.310 e. The zero-order valence-electron chi connectivity index (χ0n) is 9.61. The van der Waals surface area contributed by atoms with Crippen molar-refractivity contribution in [3.8, 4) is 11.8 Å². The Labute approximate surface area is 102 Å². The molecule has 0 aliphatic heterocycles. The van der Waals surface area contributed by atoms with Crippen LogP contribution in [-0.2, 0) is 16.0 Å². The molecule has 0 aliphatic rings. The predicted octanol–water partition coefficient (Wildman–Crippen LogP) is 2.31. The predicted molar refractivity (Wildman–Crippen MR) is 58.1 cm³/mol. The van der Waals surface area contributed by atoms with Crippen LogP contribution in [0.15, 0.2) is 12.1 Å². The van der Waals surface area contributed by atoms with E-state index in [1.165, 1.54) is 6.07 Å². The summed E-state index contributed by atoms with van der Waals surface area (Å²) >= 11 is 0. The summed E-state index contributed by atoms with van der Waals surface area (Å²) in [6, 6.07) is 3.79. The molecule has 1 N–H and O–H groups in total. The zero-order chi connectivity index (χ0) is 13.7. The maximum atomic E-state index is 12.6. The number of halogens is 2. The van der Waals surface area contributed by atoms with E-state index in [0.29, 0.717) is 0 Å². The van der Waals surface area contributed by atoms with Crippen LogP contribution in [0.25, 0.3) is 0 Å². The largest absolute Gasteiger partial charge is 0.507 e. The lowest BCUT2D eigenvalue weighted by molar-refractivity contribution is -0.142. The van der Waals surface area contributed by atoms with E-state index < -0.39 is 23.7 Å². The highest BCUT2D eigenvalue weighted by Crippen LogP contribution is 2.32. The van der Waals surface area contributed by atoms with Gasteiger partial charge in [-0.1, -0.05) is 0 Å². The first-order chi connectivity index (χ1) is 8.49. The lowest BCUT2D eigenvalue weighted by atomic mass is 10.0. The number of carbonyl (C=O) groups is 1. The third kappa shape index (κ3) is 3.17. The number of ether oxygens (including phenoxy) is 1. The molecule has 0 saturated heterocycles. The van der Waals surface area contributed by atoms with Crippen LogP contribution in [-0.4, -0.2) is 17.7 Å². The number of hydrogen-bond acceptors (Lipinski definition) is 4. The Morgan fingerprint density at radius 3 is 2.72 bits per heavy atom. The fraction of sp³-hybridized carbons (Fsp3) is 0.333. The molecule has 96 valence electrons. The Bertz CT molecular complexity index is 495. The normalized spacial score (nSPS) is 10.2. The van der Waals surface area contributed by atoms with Crippen LogP contribution < -0.4 is 0 Å². The molecule has 1 aromatic carbocycles. The smallest absolute Gasteiger partial charge is 0.310 e. The second-order valence-corrected chi connectivity index (χ2v) is 3.47. The summed E-state index contributed by atoms with van der Waals surface area (Å²) in [5.74, 6) is -1.32. The third-order valence-corrected chi connectivity index (χ3v) is 2.22. The molecule has 18 heavy (non-hydrogen) atoms. The van der Waals surface area contributed by atoms with Gasteiger partial charge in [-0.2, -0.15) is 5.26 Å². The molecular formula is C12H11F2NO3. The van der Waals surface area contributed by atoms with Gasteiger partial charge in [-0.05, 0) is 19.1 Å².